The minimum Gasteiger partial charge on any atom is -0.387 e. The Kier molecular flexibility index (Phi) is 2.25. The van der Waals surface area contributed by atoms with E-state index in [0.29, 0.717) is 6.54 Å². The Labute approximate surface area is 59.6 Å². The van der Waals surface area contributed by atoms with E-state index in [2.05, 4.69) is 0 Å². The van der Waals surface area contributed by atoms with Crippen LogP contribution in [-0.2, 0) is 4.74 Å². The maximum Gasteiger partial charge on any atom is 0.181 e. The van der Waals surface area contributed by atoms with E-state index in [1.54, 1.807) is 6.92 Å². The fraction of sp³-hybridized carbons (Fsp3) is 1.00. The summed E-state index contributed by atoms with van der Waals surface area (Å²) >= 11 is 0. The van der Waals surface area contributed by atoms with Gasteiger partial charge in [0.2, 0.25) is 0 Å². The van der Waals surface area contributed by atoms with Gasteiger partial charge in [0, 0.05) is 12.5 Å². The highest BCUT2D eigenvalue weighted by molar-refractivity contribution is 4.83. The predicted molar refractivity (Wildman–Crippen MR) is 35.1 cm³/mol. The van der Waals surface area contributed by atoms with E-state index in [-0.39, 0.29) is 12.0 Å². The fourth-order valence-electron chi connectivity index (χ4n) is 1.22. The van der Waals surface area contributed by atoms with Crippen LogP contribution in [0.25, 0.3) is 0 Å². The molecule has 1 rings (SSSR count). The second kappa shape index (κ2) is 2.84. The first kappa shape index (κ1) is 7.94. The highest BCUT2D eigenvalue weighted by Gasteiger charge is 2.39. The van der Waals surface area contributed by atoms with Crippen molar-refractivity contribution in [3.05, 3.63) is 0 Å². The summed E-state index contributed by atoms with van der Waals surface area (Å²) in [6.45, 7) is 2.14. The first-order valence-corrected chi connectivity index (χ1v) is 3.38. The molecule has 0 spiro atoms. The van der Waals surface area contributed by atoms with Gasteiger partial charge in [-0.05, 0) is 6.92 Å². The molecule has 0 aromatic carbocycles. The van der Waals surface area contributed by atoms with Crippen LogP contribution in [0.15, 0.2) is 0 Å². The number of rotatable bonds is 1. The molecular weight excluding hydrogens is 134 g/mol. The molecule has 1 heterocycles. The Morgan fingerprint density at radius 2 is 2.10 bits per heavy atom. The molecule has 1 aliphatic heterocycles. The van der Waals surface area contributed by atoms with E-state index in [1.165, 1.54) is 0 Å². The lowest BCUT2D eigenvalue weighted by molar-refractivity contribution is -0.123. The molecule has 4 heteroatoms. The molecule has 0 bridgehead atoms. The largest absolute Gasteiger partial charge is 0.387 e. The van der Waals surface area contributed by atoms with Crippen LogP contribution in [-0.4, -0.2) is 35.3 Å². The maximum absolute atomic E-state index is 9.17. The summed E-state index contributed by atoms with van der Waals surface area (Å²) in [5.74, 6) is -0.130. The van der Waals surface area contributed by atoms with Crippen molar-refractivity contribution >= 4 is 0 Å². The molecular formula is C6H13NO3. The van der Waals surface area contributed by atoms with Gasteiger partial charge in [0.15, 0.2) is 6.29 Å². The van der Waals surface area contributed by atoms with E-state index in [1.807, 2.05) is 0 Å². The molecule has 1 fully saturated rings. The predicted octanol–water partition coefficient (Wildman–Crippen LogP) is -1.34. The van der Waals surface area contributed by atoms with Crippen molar-refractivity contribution < 1.29 is 14.9 Å². The second-order valence-corrected chi connectivity index (χ2v) is 2.62. The summed E-state index contributed by atoms with van der Waals surface area (Å²) in [6, 6.07) is 0. The van der Waals surface area contributed by atoms with Gasteiger partial charge in [0.25, 0.3) is 0 Å². The monoisotopic (exact) mass is 147 g/mol. The Hall–Kier alpha value is -0.160. The number of ether oxygens (including phenoxy) is 1. The van der Waals surface area contributed by atoms with Crippen LogP contribution >= 0.6 is 0 Å². The van der Waals surface area contributed by atoms with Crippen molar-refractivity contribution in [2.75, 3.05) is 6.54 Å². The average molecular weight is 147 g/mol. The minimum atomic E-state index is -1.05. The zero-order valence-electron chi connectivity index (χ0n) is 5.90. The number of hydrogen-bond acceptors (Lipinski definition) is 4. The highest BCUT2D eigenvalue weighted by Crippen LogP contribution is 2.23. The Morgan fingerprint density at radius 3 is 2.30 bits per heavy atom. The third-order valence-electron chi connectivity index (χ3n) is 1.96. The molecule has 60 valence electrons. The smallest absolute Gasteiger partial charge is 0.181 e. The molecule has 4 nitrogen and oxygen atoms in total. The Bertz CT molecular complexity index is 120. The van der Waals surface area contributed by atoms with Gasteiger partial charge in [-0.3, -0.25) is 0 Å². The minimum absolute atomic E-state index is 0.130. The first-order chi connectivity index (χ1) is 4.66. The van der Waals surface area contributed by atoms with Crippen LogP contribution < -0.4 is 5.73 Å². The van der Waals surface area contributed by atoms with Crippen molar-refractivity contribution in [2.45, 2.75) is 25.4 Å². The summed E-state index contributed by atoms with van der Waals surface area (Å²) in [4.78, 5) is 0. The molecule has 1 saturated heterocycles. The van der Waals surface area contributed by atoms with Crippen LogP contribution in [0, 0.1) is 5.92 Å². The molecule has 0 aliphatic carbocycles. The molecule has 0 aromatic heterocycles. The van der Waals surface area contributed by atoms with E-state index in [4.69, 9.17) is 15.6 Å². The van der Waals surface area contributed by atoms with E-state index in [9.17, 15) is 5.11 Å². The van der Waals surface area contributed by atoms with Crippen LogP contribution in [0.4, 0.5) is 0 Å². The van der Waals surface area contributed by atoms with Crippen LogP contribution in [0.5, 0.6) is 0 Å². The van der Waals surface area contributed by atoms with Crippen LogP contribution in [0.3, 0.4) is 0 Å². The van der Waals surface area contributed by atoms with Gasteiger partial charge in [0.05, 0.1) is 6.10 Å². The molecule has 4 N–H and O–H groups in total. The Balaban J connectivity index is 2.55. The quantitative estimate of drug-likeness (QED) is 0.429. The maximum atomic E-state index is 9.17. The van der Waals surface area contributed by atoms with Gasteiger partial charge in [-0.2, -0.15) is 0 Å². The lowest BCUT2D eigenvalue weighted by Crippen LogP contribution is -2.32. The number of aliphatic hydroxyl groups is 2. The SMILES string of the molecule is C[C@H]1OC(O)[C@H](O)[C@@H]1CN. The zero-order valence-corrected chi connectivity index (χ0v) is 5.90. The lowest BCUT2D eigenvalue weighted by atomic mass is 10.0. The van der Waals surface area contributed by atoms with Crippen molar-refractivity contribution in [3.8, 4) is 0 Å². The standard InChI is InChI=1S/C6H13NO3/c1-3-4(2-7)5(8)6(9)10-3/h3-6,8-9H,2,7H2,1H3/t3-,4-,5-,6?/m1/s1. The third-order valence-corrected chi connectivity index (χ3v) is 1.96. The van der Waals surface area contributed by atoms with Crippen LogP contribution in [0.2, 0.25) is 0 Å². The van der Waals surface area contributed by atoms with Crippen molar-refractivity contribution in [1.29, 1.82) is 0 Å². The fourth-order valence-corrected chi connectivity index (χ4v) is 1.22. The van der Waals surface area contributed by atoms with Gasteiger partial charge in [-0.1, -0.05) is 0 Å². The van der Waals surface area contributed by atoms with Crippen LogP contribution in [0.1, 0.15) is 6.92 Å². The van der Waals surface area contributed by atoms with E-state index < -0.39 is 12.4 Å². The number of nitrogens with two attached hydrogens (primary N) is 1. The number of hydrogen-bond donors (Lipinski definition) is 3. The first-order valence-electron chi connectivity index (χ1n) is 3.38. The highest BCUT2D eigenvalue weighted by atomic mass is 16.6. The second-order valence-electron chi connectivity index (χ2n) is 2.62. The molecule has 1 unspecified atom stereocenters. The average Bonchev–Trinajstić information content (AvgIpc) is 2.09. The van der Waals surface area contributed by atoms with Crippen molar-refractivity contribution in [1.82, 2.24) is 0 Å². The molecule has 0 amide bonds. The molecule has 10 heavy (non-hydrogen) atoms. The molecule has 0 saturated carbocycles. The van der Waals surface area contributed by atoms with Gasteiger partial charge in [-0.25, -0.2) is 0 Å². The Morgan fingerprint density at radius 1 is 1.50 bits per heavy atom. The van der Waals surface area contributed by atoms with Crippen molar-refractivity contribution in [2.24, 2.45) is 11.7 Å². The van der Waals surface area contributed by atoms with Gasteiger partial charge in [-0.15, -0.1) is 0 Å². The molecule has 4 atom stereocenters. The normalized spacial score (nSPS) is 48.0. The third kappa shape index (κ3) is 1.15. The summed E-state index contributed by atoms with van der Waals surface area (Å²) in [6.07, 6.45) is -2.02. The van der Waals surface area contributed by atoms with E-state index >= 15 is 0 Å². The van der Waals surface area contributed by atoms with Gasteiger partial charge < -0.3 is 20.7 Å². The lowest BCUT2D eigenvalue weighted by Gasteiger charge is -2.12. The molecule has 0 aromatic rings. The zero-order chi connectivity index (χ0) is 7.72. The van der Waals surface area contributed by atoms with Gasteiger partial charge in [0.1, 0.15) is 6.10 Å². The summed E-state index contributed by atoms with van der Waals surface area (Å²) in [5, 5.41) is 18.1. The molecule has 1 aliphatic rings. The molecule has 0 radical (unpaired) electrons. The number of aliphatic hydroxyl groups excluding tert-OH is 2. The summed E-state index contributed by atoms with van der Waals surface area (Å²) < 4.78 is 4.90. The summed E-state index contributed by atoms with van der Waals surface area (Å²) in [7, 11) is 0. The topological polar surface area (TPSA) is 75.7 Å². The summed E-state index contributed by atoms with van der Waals surface area (Å²) in [5.41, 5.74) is 5.33. The van der Waals surface area contributed by atoms with E-state index in [0.717, 1.165) is 0 Å². The van der Waals surface area contributed by atoms with Crippen molar-refractivity contribution in [3.63, 3.8) is 0 Å². The van der Waals surface area contributed by atoms with Gasteiger partial charge >= 0.3 is 0 Å².